The van der Waals surface area contributed by atoms with Gasteiger partial charge in [0.2, 0.25) is 5.91 Å². The van der Waals surface area contributed by atoms with E-state index in [1.165, 1.54) is 12.0 Å². The second-order valence-corrected chi connectivity index (χ2v) is 5.66. The molecule has 3 amide bonds. The molecule has 0 radical (unpaired) electrons. The number of amides is 3. The Labute approximate surface area is 144 Å². The van der Waals surface area contributed by atoms with E-state index >= 15 is 0 Å². The molecule has 0 bridgehead atoms. The summed E-state index contributed by atoms with van der Waals surface area (Å²) in [5.74, 6) is -0.815. The van der Waals surface area contributed by atoms with Gasteiger partial charge in [-0.2, -0.15) is 0 Å². The normalized spacial score (nSPS) is 19.4. The summed E-state index contributed by atoms with van der Waals surface area (Å²) in [7, 11) is 1.53. The van der Waals surface area contributed by atoms with Gasteiger partial charge < -0.3 is 20.1 Å². The lowest BCUT2D eigenvalue weighted by molar-refractivity contribution is -0.136. The number of carbonyl (C=O) groups excluding carboxylic acids is 3. The van der Waals surface area contributed by atoms with Crippen molar-refractivity contribution in [2.45, 2.75) is 6.04 Å². The van der Waals surface area contributed by atoms with E-state index < -0.39 is 18.0 Å². The Hall–Kier alpha value is -2.87. The average Bonchev–Trinajstić information content (AvgIpc) is 3.00. The Morgan fingerprint density at radius 1 is 1.36 bits per heavy atom. The van der Waals surface area contributed by atoms with Crippen LogP contribution in [0.3, 0.4) is 0 Å². The lowest BCUT2D eigenvalue weighted by atomic mass is 9.96. The number of esters is 1. The summed E-state index contributed by atoms with van der Waals surface area (Å²) in [6.45, 7) is 0.519. The Morgan fingerprint density at radius 2 is 2.12 bits per heavy atom. The number of cyclic esters (lactones) is 1. The van der Waals surface area contributed by atoms with Gasteiger partial charge in [-0.3, -0.25) is 9.69 Å². The molecule has 8 nitrogen and oxygen atoms in total. The van der Waals surface area contributed by atoms with Crippen molar-refractivity contribution in [2.75, 3.05) is 33.4 Å². The van der Waals surface area contributed by atoms with Crippen LogP contribution in [0.5, 0.6) is 0 Å². The van der Waals surface area contributed by atoms with E-state index in [2.05, 4.69) is 10.6 Å². The van der Waals surface area contributed by atoms with Crippen LogP contribution in [0.15, 0.2) is 41.6 Å². The predicted molar refractivity (Wildman–Crippen MR) is 87.3 cm³/mol. The molecule has 2 aliphatic heterocycles. The zero-order valence-electron chi connectivity index (χ0n) is 13.8. The van der Waals surface area contributed by atoms with Crippen LogP contribution in [0.2, 0.25) is 0 Å². The molecule has 3 rings (SSSR count). The van der Waals surface area contributed by atoms with Crippen molar-refractivity contribution in [1.29, 1.82) is 0 Å². The highest BCUT2D eigenvalue weighted by Gasteiger charge is 2.42. The maximum atomic E-state index is 12.5. The number of hydrogen-bond donors (Lipinski definition) is 2. The van der Waals surface area contributed by atoms with E-state index in [1.807, 2.05) is 30.3 Å². The van der Waals surface area contributed by atoms with Crippen LogP contribution in [0.1, 0.15) is 11.6 Å². The summed E-state index contributed by atoms with van der Waals surface area (Å²) >= 11 is 0. The second-order valence-electron chi connectivity index (χ2n) is 5.66. The third-order valence-electron chi connectivity index (χ3n) is 4.06. The van der Waals surface area contributed by atoms with Crippen LogP contribution in [-0.4, -0.2) is 56.2 Å². The average molecular weight is 345 g/mol. The van der Waals surface area contributed by atoms with Crippen LogP contribution in [0.25, 0.3) is 0 Å². The predicted octanol–water partition coefficient (Wildman–Crippen LogP) is 0.326. The van der Waals surface area contributed by atoms with Gasteiger partial charge in [-0.15, -0.1) is 0 Å². The van der Waals surface area contributed by atoms with Gasteiger partial charge in [0.1, 0.15) is 13.2 Å². The highest BCUT2D eigenvalue weighted by atomic mass is 16.5. The van der Waals surface area contributed by atoms with Crippen molar-refractivity contribution in [3.63, 3.8) is 0 Å². The topological polar surface area (TPSA) is 97.0 Å². The fourth-order valence-electron chi connectivity index (χ4n) is 2.87. The van der Waals surface area contributed by atoms with Crippen LogP contribution in [0, 0.1) is 0 Å². The van der Waals surface area contributed by atoms with Gasteiger partial charge >= 0.3 is 12.0 Å². The highest BCUT2D eigenvalue weighted by Crippen LogP contribution is 2.34. The molecule has 0 fully saturated rings. The van der Waals surface area contributed by atoms with E-state index in [1.54, 1.807) is 0 Å². The van der Waals surface area contributed by atoms with Gasteiger partial charge in [0.15, 0.2) is 0 Å². The molecule has 0 spiro atoms. The van der Waals surface area contributed by atoms with Gasteiger partial charge in [0.25, 0.3) is 0 Å². The monoisotopic (exact) mass is 345 g/mol. The quantitative estimate of drug-likeness (QED) is 0.572. The van der Waals surface area contributed by atoms with Gasteiger partial charge in [0, 0.05) is 13.7 Å². The smallest absolute Gasteiger partial charge is 0.338 e. The molecule has 0 saturated heterocycles. The Balaban J connectivity index is 1.83. The number of nitrogens with zero attached hydrogens (tertiary/aromatic N) is 1. The summed E-state index contributed by atoms with van der Waals surface area (Å²) in [5, 5.41) is 5.43. The Kier molecular flexibility index (Phi) is 4.99. The van der Waals surface area contributed by atoms with E-state index in [0.717, 1.165) is 5.56 Å². The highest BCUT2D eigenvalue weighted by molar-refractivity contribution is 5.98. The Bertz CT molecular complexity index is 716. The summed E-state index contributed by atoms with van der Waals surface area (Å²) < 4.78 is 9.98. The Morgan fingerprint density at radius 3 is 2.84 bits per heavy atom. The van der Waals surface area contributed by atoms with Gasteiger partial charge in [0.05, 0.1) is 23.9 Å². The molecule has 1 aromatic carbocycles. The largest absolute Gasteiger partial charge is 0.456 e. The SMILES string of the molecule is COCCNC(=O)CN1C(=O)N[C@H](c2ccccc2)C2=C1COC2=O. The van der Waals surface area contributed by atoms with Crippen LogP contribution >= 0.6 is 0 Å². The summed E-state index contributed by atoms with van der Waals surface area (Å²) in [6.07, 6.45) is 0. The molecule has 1 atom stereocenters. The van der Waals surface area contributed by atoms with Crippen molar-refractivity contribution in [3.05, 3.63) is 47.2 Å². The summed E-state index contributed by atoms with van der Waals surface area (Å²) in [4.78, 5) is 37.9. The molecule has 2 heterocycles. The van der Waals surface area contributed by atoms with Gasteiger partial charge in [-0.1, -0.05) is 30.3 Å². The number of carbonyl (C=O) groups is 3. The fourth-order valence-corrected chi connectivity index (χ4v) is 2.87. The first-order valence-electron chi connectivity index (χ1n) is 7.90. The first kappa shape index (κ1) is 17.0. The van der Waals surface area contributed by atoms with E-state index in [4.69, 9.17) is 9.47 Å². The lowest BCUT2D eigenvalue weighted by Gasteiger charge is -2.32. The number of rotatable bonds is 6. The maximum Gasteiger partial charge on any atom is 0.338 e. The summed E-state index contributed by atoms with van der Waals surface area (Å²) in [5.41, 5.74) is 1.59. The molecule has 2 N–H and O–H groups in total. The number of urea groups is 1. The number of nitrogens with one attached hydrogen (secondary N) is 2. The van der Waals surface area contributed by atoms with Crippen LogP contribution in [0.4, 0.5) is 4.79 Å². The van der Waals surface area contributed by atoms with E-state index in [0.29, 0.717) is 24.4 Å². The minimum Gasteiger partial charge on any atom is -0.456 e. The van der Waals surface area contributed by atoms with Gasteiger partial charge in [-0.05, 0) is 5.56 Å². The third kappa shape index (κ3) is 3.48. The van der Waals surface area contributed by atoms with Crippen molar-refractivity contribution in [1.82, 2.24) is 15.5 Å². The minimum atomic E-state index is -0.577. The molecule has 8 heteroatoms. The third-order valence-corrected chi connectivity index (χ3v) is 4.06. The molecule has 0 unspecified atom stereocenters. The number of methoxy groups -OCH3 is 1. The number of hydrogen-bond acceptors (Lipinski definition) is 5. The standard InChI is InChI=1S/C17H19N3O5/c1-24-8-7-18-13(21)9-20-12-10-25-16(22)14(12)15(19-17(20)23)11-5-3-2-4-6-11/h2-6,15H,7-10H2,1H3,(H,18,21)(H,19,23)/t15-/m1/s1. The van der Waals surface area contributed by atoms with Crippen molar-refractivity contribution in [2.24, 2.45) is 0 Å². The molecule has 25 heavy (non-hydrogen) atoms. The maximum absolute atomic E-state index is 12.5. The van der Waals surface area contributed by atoms with Crippen LogP contribution in [-0.2, 0) is 19.1 Å². The van der Waals surface area contributed by atoms with E-state index in [-0.39, 0.29) is 19.1 Å². The summed E-state index contributed by atoms with van der Waals surface area (Å²) in [6, 6.07) is 8.16. The van der Waals surface area contributed by atoms with E-state index in [9.17, 15) is 14.4 Å². The first-order valence-corrected chi connectivity index (χ1v) is 7.90. The fraction of sp³-hybridized carbons (Fsp3) is 0.353. The molecule has 2 aliphatic rings. The molecular formula is C17H19N3O5. The molecule has 1 aromatic rings. The number of benzene rings is 1. The second kappa shape index (κ2) is 7.35. The molecule has 132 valence electrons. The first-order chi connectivity index (χ1) is 12.1. The van der Waals surface area contributed by atoms with Crippen molar-refractivity contribution >= 4 is 17.9 Å². The van der Waals surface area contributed by atoms with Crippen molar-refractivity contribution < 1.29 is 23.9 Å². The molecule has 0 aromatic heterocycles. The lowest BCUT2D eigenvalue weighted by Crippen LogP contribution is -2.50. The molecule has 0 saturated carbocycles. The minimum absolute atomic E-state index is 0.0176. The van der Waals surface area contributed by atoms with Gasteiger partial charge in [-0.25, -0.2) is 9.59 Å². The molecular weight excluding hydrogens is 326 g/mol. The zero-order chi connectivity index (χ0) is 17.8. The van der Waals surface area contributed by atoms with Crippen molar-refractivity contribution in [3.8, 4) is 0 Å². The number of ether oxygens (including phenoxy) is 2. The zero-order valence-corrected chi connectivity index (χ0v) is 13.8. The molecule has 0 aliphatic carbocycles. The van der Waals surface area contributed by atoms with Crippen LogP contribution < -0.4 is 10.6 Å².